The molecule has 0 aliphatic heterocycles. The number of hydrogen-bond acceptors (Lipinski definition) is 3. The molecule has 0 atom stereocenters. The predicted octanol–water partition coefficient (Wildman–Crippen LogP) is 5.68. The Morgan fingerprint density at radius 2 is 1.30 bits per heavy atom. The van der Waals surface area contributed by atoms with Crippen molar-refractivity contribution in [3.63, 3.8) is 0 Å². The summed E-state index contributed by atoms with van der Waals surface area (Å²) in [5, 5.41) is 3.19. The van der Waals surface area contributed by atoms with Crippen LogP contribution in [0.1, 0.15) is 47.1 Å². The maximum absolute atomic E-state index is 12.7. The molecule has 2 aromatic carbocycles. The van der Waals surface area contributed by atoms with Crippen molar-refractivity contribution in [3.05, 3.63) is 53.8 Å². The van der Waals surface area contributed by atoms with Crippen LogP contribution >= 0.6 is 0 Å². The highest BCUT2D eigenvalue weighted by molar-refractivity contribution is 5.69. The minimum atomic E-state index is -0.231. The molecule has 0 saturated heterocycles. The molecular weight excluding hydrogens is 289 g/mol. The second kappa shape index (κ2) is 14.7. The van der Waals surface area contributed by atoms with E-state index in [2.05, 4.69) is 5.32 Å². The number of rotatable bonds is 3. The van der Waals surface area contributed by atoms with Crippen LogP contribution < -0.4 is 16.8 Å². The van der Waals surface area contributed by atoms with Gasteiger partial charge in [-0.15, -0.1) is 0 Å². The summed E-state index contributed by atoms with van der Waals surface area (Å²) >= 11 is 0. The lowest BCUT2D eigenvalue weighted by Gasteiger charge is -2.08. The Bertz CT molecular complexity index is 511. The van der Waals surface area contributed by atoms with Gasteiger partial charge in [0.1, 0.15) is 5.82 Å². The Kier molecular flexibility index (Phi) is 14.7. The average molecular weight is 321 g/mol. The van der Waals surface area contributed by atoms with Crippen LogP contribution in [0, 0.1) is 5.82 Å². The first kappa shape index (κ1) is 23.0. The quantitative estimate of drug-likeness (QED) is 0.637. The third kappa shape index (κ3) is 9.40. The SMILES string of the molecule is CC.CC.CC.Nc1ccc(NCc2ccc(F)cc2)cc1N. The Hall–Kier alpha value is -2.23. The average Bonchev–Trinajstić information content (AvgIpc) is 2.62. The molecule has 0 saturated carbocycles. The van der Waals surface area contributed by atoms with Crippen LogP contribution in [-0.2, 0) is 6.54 Å². The van der Waals surface area contributed by atoms with E-state index in [9.17, 15) is 4.39 Å². The molecular formula is C19H32FN3. The maximum atomic E-state index is 12.7. The molecule has 0 aliphatic rings. The van der Waals surface area contributed by atoms with Crippen LogP contribution in [0.2, 0.25) is 0 Å². The van der Waals surface area contributed by atoms with E-state index >= 15 is 0 Å². The Labute approximate surface area is 140 Å². The summed E-state index contributed by atoms with van der Waals surface area (Å²) in [5.41, 5.74) is 14.3. The van der Waals surface area contributed by atoms with Crippen LogP contribution in [0.25, 0.3) is 0 Å². The number of benzene rings is 2. The normalized spacial score (nSPS) is 8.30. The number of nitrogen functional groups attached to an aromatic ring is 2. The molecule has 3 nitrogen and oxygen atoms in total. The molecule has 0 bridgehead atoms. The fourth-order valence-corrected chi connectivity index (χ4v) is 1.49. The fourth-order valence-electron chi connectivity index (χ4n) is 1.49. The molecule has 0 unspecified atom stereocenters. The lowest BCUT2D eigenvalue weighted by atomic mass is 10.2. The number of nitrogens with two attached hydrogens (primary N) is 2. The monoisotopic (exact) mass is 321 g/mol. The van der Waals surface area contributed by atoms with E-state index in [4.69, 9.17) is 11.5 Å². The molecule has 0 heterocycles. The van der Waals surface area contributed by atoms with Gasteiger partial charge in [-0.25, -0.2) is 4.39 Å². The minimum absolute atomic E-state index is 0.231. The molecule has 0 spiro atoms. The summed E-state index contributed by atoms with van der Waals surface area (Å²) in [6, 6.07) is 11.7. The van der Waals surface area contributed by atoms with E-state index in [-0.39, 0.29) is 5.82 Å². The van der Waals surface area contributed by atoms with E-state index in [1.807, 2.05) is 47.6 Å². The van der Waals surface area contributed by atoms with Crippen molar-refractivity contribution in [3.8, 4) is 0 Å². The molecule has 0 aliphatic carbocycles. The molecule has 2 aromatic rings. The summed E-state index contributed by atoms with van der Waals surface area (Å²) < 4.78 is 12.7. The van der Waals surface area contributed by atoms with E-state index in [1.165, 1.54) is 12.1 Å². The van der Waals surface area contributed by atoms with Gasteiger partial charge in [-0.3, -0.25) is 0 Å². The van der Waals surface area contributed by atoms with E-state index in [1.54, 1.807) is 24.3 Å². The van der Waals surface area contributed by atoms with Crippen molar-refractivity contribution >= 4 is 17.1 Å². The zero-order chi connectivity index (χ0) is 18.3. The third-order valence-corrected chi connectivity index (χ3v) is 2.50. The van der Waals surface area contributed by atoms with Gasteiger partial charge < -0.3 is 16.8 Å². The Morgan fingerprint density at radius 3 is 1.78 bits per heavy atom. The maximum Gasteiger partial charge on any atom is 0.123 e. The summed E-state index contributed by atoms with van der Waals surface area (Å²) in [6.07, 6.45) is 0. The van der Waals surface area contributed by atoms with Crippen LogP contribution in [0.4, 0.5) is 21.5 Å². The molecule has 0 amide bonds. The molecule has 23 heavy (non-hydrogen) atoms. The summed E-state index contributed by atoms with van der Waals surface area (Å²) in [4.78, 5) is 0. The predicted molar refractivity (Wildman–Crippen MR) is 103 cm³/mol. The van der Waals surface area contributed by atoms with Gasteiger partial charge in [-0.2, -0.15) is 0 Å². The fraction of sp³-hybridized carbons (Fsp3) is 0.368. The minimum Gasteiger partial charge on any atom is -0.397 e. The number of hydrogen-bond donors (Lipinski definition) is 3. The van der Waals surface area contributed by atoms with Crippen LogP contribution in [0.3, 0.4) is 0 Å². The van der Waals surface area contributed by atoms with Gasteiger partial charge in [0.05, 0.1) is 11.4 Å². The molecule has 0 radical (unpaired) electrons. The van der Waals surface area contributed by atoms with E-state index < -0.39 is 0 Å². The second-order valence-corrected chi connectivity index (χ2v) is 3.82. The molecule has 0 fully saturated rings. The first-order chi connectivity index (χ1) is 11.1. The number of halogens is 1. The van der Waals surface area contributed by atoms with Crippen LogP contribution in [-0.4, -0.2) is 0 Å². The van der Waals surface area contributed by atoms with E-state index in [0.29, 0.717) is 17.9 Å². The molecule has 5 N–H and O–H groups in total. The van der Waals surface area contributed by atoms with Crippen molar-refractivity contribution < 1.29 is 4.39 Å². The van der Waals surface area contributed by atoms with E-state index in [0.717, 1.165) is 11.3 Å². The smallest absolute Gasteiger partial charge is 0.123 e. The topological polar surface area (TPSA) is 64.1 Å². The number of nitrogens with one attached hydrogen (secondary N) is 1. The Morgan fingerprint density at radius 1 is 0.783 bits per heavy atom. The second-order valence-electron chi connectivity index (χ2n) is 3.82. The van der Waals surface area contributed by atoms with Crippen molar-refractivity contribution in [1.29, 1.82) is 0 Å². The summed E-state index contributed by atoms with van der Waals surface area (Å²) in [6.45, 7) is 12.6. The van der Waals surface area contributed by atoms with Crippen molar-refractivity contribution in [2.75, 3.05) is 16.8 Å². The largest absolute Gasteiger partial charge is 0.397 e. The highest BCUT2D eigenvalue weighted by atomic mass is 19.1. The first-order valence-corrected chi connectivity index (χ1v) is 8.28. The molecule has 4 heteroatoms. The van der Waals surface area contributed by atoms with Crippen molar-refractivity contribution in [2.45, 2.75) is 48.1 Å². The lowest BCUT2D eigenvalue weighted by molar-refractivity contribution is 0.627. The van der Waals surface area contributed by atoms with Crippen LogP contribution in [0.15, 0.2) is 42.5 Å². The van der Waals surface area contributed by atoms with Gasteiger partial charge in [-0.1, -0.05) is 53.7 Å². The van der Waals surface area contributed by atoms with Crippen molar-refractivity contribution in [2.24, 2.45) is 0 Å². The lowest BCUT2D eigenvalue weighted by Crippen LogP contribution is -2.01. The van der Waals surface area contributed by atoms with Gasteiger partial charge >= 0.3 is 0 Å². The summed E-state index contributed by atoms with van der Waals surface area (Å²) in [7, 11) is 0. The van der Waals surface area contributed by atoms with Gasteiger partial charge in [-0.05, 0) is 35.9 Å². The van der Waals surface area contributed by atoms with Gasteiger partial charge in [0.25, 0.3) is 0 Å². The van der Waals surface area contributed by atoms with Crippen LogP contribution in [0.5, 0.6) is 0 Å². The van der Waals surface area contributed by atoms with Gasteiger partial charge in [0.2, 0.25) is 0 Å². The van der Waals surface area contributed by atoms with Gasteiger partial charge in [0, 0.05) is 12.2 Å². The summed E-state index contributed by atoms with van der Waals surface area (Å²) in [5.74, 6) is -0.231. The highest BCUT2D eigenvalue weighted by Crippen LogP contribution is 2.20. The first-order valence-electron chi connectivity index (χ1n) is 8.28. The van der Waals surface area contributed by atoms with Crippen molar-refractivity contribution in [1.82, 2.24) is 0 Å². The molecule has 0 aromatic heterocycles. The highest BCUT2D eigenvalue weighted by Gasteiger charge is 1.98. The standard InChI is InChI=1S/C13H14FN3.3C2H6/c14-10-3-1-9(2-4-10)8-17-11-5-6-12(15)13(16)7-11;3*1-2/h1-7,17H,8,15-16H2;3*1-2H3. The molecule has 130 valence electrons. The zero-order valence-electron chi connectivity index (χ0n) is 15.3. The molecule has 2 rings (SSSR count). The number of anilines is 3. The third-order valence-electron chi connectivity index (χ3n) is 2.50. The zero-order valence-corrected chi connectivity index (χ0v) is 15.3. The Balaban J connectivity index is 0. The van der Waals surface area contributed by atoms with Gasteiger partial charge in [0.15, 0.2) is 0 Å².